The van der Waals surface area contributed by atoms with Crippen molar-refractivity contribution < 1.29 is 9.90 Å². The van der Waals surface area contributed by atoms with Gasteiger partial charge in [-0.25, -0.2) is 0 Å². The highest BCUT2D eigenvalue weighted by Crippen LogP contribution is 2.46. The Labute approximate surface area is 174 Å². The fraction of sp³-hybridized carbons (Fsp3) is 0.292. The molecule has 3 unspecified atom stereocenters. The molecule has 1 aromatic heterocycles. The Morgan fingerprint density at radius 2 is 1.66 bits per heavy atom. The maximum atomic E-state index is 13.2. The van der Waals surface area contributed by atoms with E-state index in [1.807, 2.05) is 53.2 Å². The van der Waals surface area contributed by atoms with Gasteiger partial charge in [0.1, 0.15) is 0 Å². The van der Waals surface area contributed by atoms with Crippen LogP contribution < -0.4 is 5.32 Å². The van der Waals surface area contributed by atoms with E-state index in [0.29, 0.717) is 23.0 Å². The average molecular weight is 405 g/mol. The largest absolute Gasteiger partial charge is 0.372 e. The van der Waals surface area contributed by atoms with Crippen LogP contribution in [-0.4, -0.2) is 35.0 Å². The first-order valence-electron chi connectivity index (χ1n) is 10.0. The summed E-state index contributed by atoms with van der Waals surface area (Å²) in [7, 11) is 0. The Morgan fingerprint density at radius 1 is 1.00 bits per heavy atom. The second kappa shape index (κ2) is 7.41. The number of nitrogens with zero attached hydrogens (tertiary/aromatic N) is 1. The highest BCUT2D eigenvalue weighted by atomic mass is 32.1. The molecule has 148 valence electrons. The molecule has 1 aliphatic heterocycles. The van der Waals surface area contributed by atoms with Crippen molar-refractivity contribution >= 4 is 17.2 Å². The minimum Gasteiger partial charge on any atom is -0.372 e. The Morgan fingerprint density at radius 3 is 2.28 bits per heavy atom. The van der Waals surface area contributed by atoms with E-state index in [2.05, 4.69) is 34.5 Å². The molecule has 1 aliphatic carbocycles. The molecule has 5 heteroatoms. The van der Waals surface area contributed by atoms with Crippen molar-refractivity contribution in [1.82, 2.24) is 10.2 Å². The number of nitrogens with one attached hydrogen (secondary N) is 1. The Balaban J connectivity index is 1.26. The summed E-state index contributed by atoms with van der Waals surface area (Å²) in [5, 5.41) is 18.4. The van der Waals surface area contributed by atoms with E-state index >= 15 is 0 Å². The summed E-state index contributed by atoms with van der Waals surface area (Å²) in [6.45, 7) is 2.94. The number of likely N-dealkylation sites (tertiary alicyclic amines) is 1. The molecule has 3 atom stereocenters. The van der Waals surface area contributed by atoms with Crippen molar-refractivity contribution in [3.8, 4) is 0 Å². The van der Waals surface area contributed by atoms with Gasteiger partial charge in [-0.3, -0.25) is 9.69 Å². The summed E-state index contributed by atoms with van der Waals surface area (Å²) >= 11 is 1.48. The van der Waals surface area contributed by atoms with Gasteiger partial charge in [0.25, 0.3) is 5.91 Å². The van der Waals surface area contributed by atoms with Crippen molar-refractivity contribution in [2.24, 2.45) is 11.8 Å². The highest BCUT2D eigenvalue weighted by Gasteiger charge is 2.57. The number of thiophene rings is 1. The summed E-state index contributed by atoms with van der Waals surface area (Å²) in [6.07, 6.45) is 0. The standard InChI is InChI=1S/C24H24N2O2S/c27-23(24(28,19-11-12-29-16-19)18-9-5-2-6-10-18)25-22-20-14-26(15-21(20)22)13-17-7-3-1-4-8-17/h1-12,16,20-22,28H,13-15H2,(H,25,27). The number of piperidine rings is 1. The molecule has 1 saturated carbocycles. The van der Waals surface area contributed by atoms with Crippen molar-refractivity contribution in [3.63, 3.8) is 0 Å². The number of carbonyl (C=O) groups excluding carboxylic acids is 1. The number of benzene rings is 2. The molecule has 2 N–H and O–H groups in total. The van der Waals surface area contributed by atoms with Crippen LogP contribution in [0.3, 0.4) is 0 Å². The molecule has 4 nitrogen and oxygen atoms in total. The molecule has 1 amide bonds. The predicted octanol–water partition coefficient (Wildman–Crippen LogP) is 3.23. The van der Waals surface area contributed by atoms with E-state index in [9.17, 15) is 9.90 Å². The van der Waals surface area contributed by atoms with Crippen LogP contribution in [0.4, 0.5) is 0 Å². The number of hydrogen-bond acceptors (Lipinski definition) is 4. The van der Waals surface area contributed by atoms with Gasteiger partial charge in [0.15, 0.2) is 5.60 Å². The fourth-order valence-corrected chi connectivity index (χ4v) is 5.33. The minimum absolute atomic E-state index is 0.156. The van der Waals surface area contributed by atoms with E-state index in [4.69, 9.17) is 0 Å². The smallest absolute Gasteiger partial charge is 0.261 e. The maximum Gasteiger partial charge on any atom is 0.261 e. The first-order valence-corrected chi connectivity index (χ1v) is 11.0. The van der Waals surface area contributed by atoms with E-state index in [0.717, 1.165) is 19.6 Å². The van der Waals surface area contributed by atoms with E-state index in [-0.39, 0.29) is 11.9 Å². The SMILES string of the molecule is O=C(NC1C2CN(Cc3ccccc3)CC21)C(O)(c1ccccc1)c1ccsc1. The second-order valence-electron chi connectivity index (χ2n) is 8.10. The monoisotopic (exact) mass is 404 g/mol. The number of fused-ring (bicyclic) bond motifs is 1. The molecule has 1 saturated heterocycles. The summed E-state index contributed by atoms with van der Waals surface area (Å²) in [6, 6.07) is 21.7. The van der Waals surface area contributed by atoms with E-state index in [1.54, 1.807) is 0 Å². The molecule has 2 aromatic carbocycles. The summed E-state index contributed by atoms with van der Waals surface area (Å²) < 4.78 is 0. The van der Waals surface area contributed by atoms with Crippen molar-refractivity contribution in [2.75, 3.05) is 13.1 Å². The van der Waals surface area contributed by atoms with Crippen molar-refractivity contribution in [2.45, 2.75) is 18.2 Å². The molecule has 3 aromatic rings. The first kappa shape index (κ1) is 18.6. The van der Waals surface area contributed by atoms with Gasteiger partial charge in [-0.1, -0.05) is 60.7 Å². The Kier molecular flexibility index (Phi) is 4.74. The lowest BCUT2D eigenvalue weighted by Gasteiger charge is -2.28. The van der Waals surface area contributed by atoms with Gasteiger partial charge in [-0.15, -0.1) is 0 Å². The van der Waals surface area contributed by atoms with Crippen LogP contribution in [0.5, 0.6) is 0 Å². The number of carbonyl (C=O) groups is 1. The van der Waals surface area contributed by atoms with Gasteiger partial charge in [0.05, 0.1) is 0 Å². The summed E-state index contributed by atoms with van der Waals surface area (Å²) in [4.78, 5) is 15.7. The molecular formula is C24H24N2O2S. The van der Waals surface area contributed by atoms with Crippen LogP contribution in [-0.2, 0) is 16.9 Å². The lowest BCUT2D eigenvalue weighted by Crippen LogP contribution is -2.47. The fourth-order valence-electron chi connectivity index (χ4n) is 4.63. The van der Waals surface area contributed by atoms with Gasteiger partial charge in [-0.05, 0) is 39.8 Å². The van der Waals surface area contributed by atoms with Crippen LogP contribution in [0.15, 0.2) is 77.5 Å². The van der Waals surface area contributed by atoms with Crippen LogP contribution in [0.25, 0.3) is 0 Å². The quantitative estimate of drug-likeness (QED) is 0.663. The molecule has 2 heterocycles. The average Bonchev–Trinajstić information content (AvgIpc) is 3.18. The summed E-state index contributed by atoms with van der Waals surface area (Å²) in [5.74, 6) is 0.631. The van der Waals surface area contributed by atoms with Crippen LogP contribution >= 0.6 is 11.3 Å². The first-order chi connectivity index (χ1) is 14.2. The van der Waals surface area contributed by atoms with Crippen LogP contribution in [0.1, 0.15) is 16.7 Å². The molecule has 2 aliphatic rings. The molecule has 0 radical (unpaired) electrons. The second-order valence-corrected chi connectivity index (χ2v) is 8.88. The highest BCUT2D eigenvalue weighted by molar-refractivity contribution is 7.08. The number of rotatable bonds is 6. The van der Waals surface area contributed by atoms with Crippen LogP contribution in [0.2, 0.25) is 0 Å². The normalized spacial score (nSPS) is 25.2. The third-order valence-corrected chi connectivity index (χ3v) is 6.96. The third kappa shape index (κ3) is 3.39. The van der Waals surface area contributed by atoms with Crippen molar-refractivity contribution in [1.29, 1.82) is 0 Å². The lowest BCUT2D eigenvalue weighted by atomic mass is 9.87. The number of hydrogen-bond donors (Lipinski definition) is 2. The molecular weight excluding hydrogens is 380 g/mol. The predicted molar refractivity (Wildman–Crippen MR) is 114 cm³/mol. The number of aliphatic hydroxyl groups is 1. The molecule has 29 heavy (non-hydrogen) atoms. The third-order valence-electron chi connectivity index (χ3n) is 6.28. The van der Waals surface area contributed by atoms with E-state index < -0.39 is 5.60 Å². The van der Waals surface area contributed by atoms with Gasteiger partial charge >= 0.3 is 0 Å². The zero-order chi connectivity index (χ0) is 19.8. The summed E-state index contributed by atoms with van der Waals surface area (Å²) in [5.41, 5.74) is 0.905. The molecule has 0 spiro atoms. The molecule has 0 bridgehead atoms. The van der Waals surface area contributed by atoms with E-state index in [1.165, 1.54) is 16.9 Å². The zero-order valence-corrected chi connectivity index (χ0v) is 16.9. The lowest BCUT2D eigenvalue weighted by molar-refractivity contribution is -0.137. The van der Waals surface area contributed by atoms with Gasteiger partial charge in [-0.2, -0.15) is 11.3 Å². The molecule has 2 fully saturated rings. The van der Waals surface area contributed by atoms with Crippen molar-refractivity contribution in [3.05, 3.63) is 94.2 Å². The minimum atomic E-state index is -1.65. The van der Waals surface area contributed by atoms with Gasteiger partial charge in [0.2, 0.25) is 0 Å². The zero-order valence-electron chi connectivity index (χ0n) is 16.1. The van der Waals surface area contributed by atoms with Gasteiger partial charge < -0.3 is 10.4 Å². The Hall–Kier alpha value is -2.47. The Bertz CT molecular complexity index is 965. The maximum absolute atomic E-state index is 13.2. The van der Waals surface area contributed by atoms with Crippen LogP contribution in [0, 0.1) is 11.8 Å². The topological polar surface area (TPSA) is 52.6 Å². The molecule has 5 rings (SSSR count). The number of amides is 1. The van der Waals surface area contributed by atoms with Gasteiger partial charge in [0, 0.05) is 31.2 Å².